The Hall–Kier alpha value is -13.7. The van der Waals surface area contributed by atoms with Gasteiger partial charge in [-0.3, -0.25) is 29.9 Å². The van der Waals surface area contributed by atoms with Crippen molar-refractivity contribution in [3.8, 4) is 137 Å². The van der Waals surface area contributed by atoms with Gasteiger partial charge in [0.05, 0.1) is 68.3 Å². The van der Waals surface area contributed by atoms with Crippen LogP contribution in [0, 0.1) is 41.4 Å². The molecule has 15 aromatic rings. The minimum absolute atomic E-state index is 0.0655. The summed E-state index contributed by atoms with van der Waals surface area (Å²) in [7, 11) is 0. The average molecular weight is 1700 g/mol. The first-order valence-electron chi connectivity index (χ1n) is 46.0. The fraction of sp³-hybridized carbons (Fsp3) is 0.281. The number of nitrogens with zero attached hydrogens (tertiary/aromatic N) is 9. The molecule has 4 bridgehead atoms. The number of hydrogen-bond donors (Lipinski definition) is 0. The Kier molecular flexibility index (Phi) is 22.6. The molecule has 0 aliphatic heterocycles. The summed E-state index contributed by atoms with van der Waals surface area (Å²) in [5.74, 6) is 22.2. The van der Waals surface area contributed by atoms with E-state index in [0.29, 0.717) is 5.92 Å². The highest BCUT2D eigenvalue weighted by Gasteiger charge is 2.64. The maximum absolute atomic E-state index is 5.28. The van der Waals surface area contributed by atoms with E-state index >= 15 is 0 Å². The van der Waals surface area contributed by atoms with Crippen LogP contribution in [0.5, 0.6) is 0 Å². The van der Waals surface area contributed by atoms with Crippen LogP contribution in [-0.4, -0.2) is 44.9 Å². The molecule has 0 atom stereocenters. The van der Waals surface area contributed by atoms with Gasteiger partial charge in [0.1, 0.15) is 0 Å². The Labute approximate surface area is 770 Å². The average Bonchev–Trinajstić information content (AvgIpc) is 0.681. The van der Waals surface area contributed by atoms with E-state index in [1.165, 1.54) is 50.1 Å². The first-order chi connectivity index (χ1) is 61.9. The van der Waals surface area contributed by atoms with Crippen LogP contribution in [-0.2, 0) is 48.7 Å². The lowest BCUT2D eigenvalue weighted by molar-refractivity contribution is -0.0493. The van der Waals surface area contributed by atoms with Gasteiger partial charge < -0.3 is 0 Å². The van der Waals surface area contributed by atoms with Gasteiger partial charge in [-0.1, -0.05) is 233 Å². The predicted molar refractivity (Wildman–Crippen MR) is 534 cm³/mol. The zero-order valence-corrected chi connectivity index (χ0v) is 78.6. The minimum Gasteiger partial charge on any atom is -0.255 e. The maximum atomic E-state index is 5.28. The minimum atomic E-state index is -0.0886. The van der Waals surface area contributed by atoms with Crippen LogP contribution in [0.2, 0.25) is 0 Å². The zero-order chi connectivity index (χ0) is 90.9. The molecule has 19 rings (SSSR count). The molecule has 644 valence electrons. The predicted octanol–water partition coefficient (Wildman–Crippen LogP) is 28.3. The SMILES string of the molecule is CC(C)(C)c1ccnc(-c2cc(-c3cccc(C#Cc4ccc(C56CC7CC(c8ccc(C#Cc9cccc(-c%10cc(-c%11cc(C(C)(C)C)ccn%11)nc(-c%11cc(C(C)(C)C)ccn%11)c%10)c9)cc8)(C5)CC(c5ccc(C#Cc8cccc(-c9cc(-c%10cc(C(C)(C)C)ccn%10)nc(-c%10cc(C(C)(C)C)ccn%10)c9)c8)cc5)(C7)C6)cc4)c3)cc(-c3cc(C(C)(C)C)ccn3)n2)c1. The van der Waals surface area contributed by atoms with Crippen LogP contribution in [0.15, 0.2) is 292 Å². The first-order valence-corrected chi connectivity index (χ1v) is 46.0. The third-order valence-corrected chi connectivity index (χ3v) is 27.0. The van der Waals surface area contributed by atoms with Gasteiger partial charge in [0, 0.05) is 70.6 Å². The van der Waals surface area contributed by atoms with Gasteiger partial charge >= 0.3 is 0 Å². The quantitative estimate of drug-likeness (QED) is 0.110. The molecular weight excluding hydrogens is 1580 g/mol. The Bertz CT molecular complexity index is 6160. The summed E-state index contributed by atoms with van der Waals surface area (Å²) in [6.45, 7) is 40.2. The molecule has 9 heteroatoms. The number of pyridine rings is 9. The van der Waals surface area contributed by atoms with E-state index in [9.17, 15) is 0 Å². The number of aromatic nitrogens is 9. The van der Waals surface area contributed by atoms with Gasteiger partial charge in [0.2, 0.25) is 0 Å². The smallest absolute Gasteiger partial charge is 0.0900 e. The van der Waals surface area contributed by atoms with E-state index in [4.69, 9.17) is 44.9 Å². The lowest BCUT2D eigenvalue weighted by atomic mass is 9.36. The van der Waals surface area contributed by atoms with Crippen LogP contribution < -0.4 is 0 Å². The molecule has 9 aromatic heterocycles. The van der Waals surface area contributed by atoms with Crippen molar-refractivity contribution >= 4 is 0 Å². The molecule has 4 aliphatic rings. The lowest BCUT2D eigenvalue weighted by Crippen LogP contribution is -2.61. The van der Waals surface area contributed by atoms with Crippen molar-refractivity contribution in [2.24, 2.45) is 5.92 Å². The monoisotopic (exact) mass is 1690 g/mol. The summed E-state index contributed by atoms with van der Waals surface area (Å²) in [6, 6.07) is 92.5. The van der Waals surface area contributed by atoms with Gasteiger partial charge in [0.15, 0.2) is 0 Å². The Morgan fingerprint density at radius 1 is 0.208 bits per heavy atom. The van der Waals surface area contributed by atoms with Crippen LogP contribution in [0.25, 0.3) is 102 Å². The van der Waals surface area contributed by atoms with E-state index < -0.39 is 0 Å². The van der Waals surface area contributed by atoms with E-state index in [-0.39, 0.29) is 48.7 Å². The number of hydrogen-bond acceptors (Lipinski definition) is 9. The highest BCUT2D eigenvalue weighted by atomic mass is 14.8. The third-order valence-electron chi connectivity index (χ3n) is 27.0. The summed E-state index contributed by atoms with van der Waals surface area (Å²) >= 11 is 0. The van der Waals surface area contributed by atoms with Crippen molar-refractivity contribution in [2.75, 3.05) is 0 Å². The number of benzene rings is 6. The summed E-state index contributed by atoms with van der Waals surface area (Å²) < 4.78 is 0. The van der Waals surface area contributed by atoms with Crippen molar-refractivity contribution in [1.82, 2.24) is 44.9 Å². The fourth-order valence-corrected chi connectivity index (χ4v) is 20.0. The molecule has 4 aliphatic carbocycles. The van der Waals surface area contributed by atoms with Crippen LogP contribution in [0.4, 0.5) is 0 Å². The zero-order valence-electron chi connectivity index (χ0n) is 78.6. The van der Waals surface area contributed by atoms with Crippen LogP contribution in [0.1, 0.15) is 247 Å². The van der Waals surface area contributed by atoms with Gasteiger partial charge in [0.25, 0.3) is 0 Å². The molecule has 6 aromatic carbocycles. The molecule has 0 saturated heterocycles. The van der Waals surface area contributed by atoms with Crippen molar-refractivity contribution in [3.63, 3.8) is 0 Å². The van der Waals surface area contributed by atoms with Crippen molar-refractivity contribution in [2.45, 2.75) is 212 Å². The van der Waals surface area contributed by atoms with Gasteiger partial charge in [-0.2, -0.15) is 0 Å². The summed E-state index contributed by atoms with van der Waals surface area (Å²) in [5.41, 5.74) is 32.4. The van der Waals surface area contributed by atoms with Crippen LogP contribution >= 0.6 is 0 Å². The first kappa shape index (κ1) is 87.1. The lowest BCUT2D eigenvalue weighted by Gasteiger charge is -2.67. The standard InChI is InChI=1S/C121H115N9/c1-113(2,3)95-46-52-122-101(67-95)107-61-89(62-108(128-107)102-68-96(47-53-123-102)114(4,5)6)86-25-19-22-82(58-86)31-28-79-34-40-92(41-35-79)119-73-85-74-120(76-119,93-42-36-80(37-43-93)29-32-83-23-20-26-87(59-83)90-63-109(103-69-97(48-54-124-103)115(7,8)9)129-110(64-90)104-70-98(49-55-125-104)116(10,11)12)78-121(75-85,77-119)94-44-38-81(39-45-94)30-33-84-24-21-27-88(60-84)91-65-111(105-71-99(50-56-126-105)117(13,14)15)130-112(66-91)106-72-100(51-57-127-106)118(16,17)18/h19-27,34-72,85H,73-78H2,1-18H3. The highest BCUT2D eigenvalue weighted by molar-refractivity contribution is 5.80. The largest absolute Gasteiger partial charge is 0.255 e. The molecule has 0 N–H and O–H groups in total. The second-order valence-corrected chi connectivity index (χ2v) is 43.0. The fourth-order valence-electron chi connectivity index (χ4n) is 20.0. The molecule has 4 saturated carbocycles. The highest BCUT2D eigenvalue weighted by Crippen LogP contribution is 2.71. The Balaban J connectivity index is 0.665. The van der Waals surface area contributed by atoms with Gasteiger partial charge in [-0.25, -0.2) is 15.0 Å². The summed E-state index contributed by atoms with van der Waals surface area (Å²) in [5, 5.41) is 0. The number of rotatable bonds is 12. The maximum Gasteiger partial charge on any atom is 0.0900 e. The second-order valence-electron chi connectivity index (χ2n) is 43.0. The van der Waals surface area contributed by atoms with E-state index in [2.05, 4.69) is 415 Å². The molecule has 0 unspecified atom stereocenters. The van der Waals surface area contributed by atoms with Crippen LogP contribution in [0.3, 0.4) is 0 Å². The molecule has 130 heavy (non-hydrogen) atoms. The Morgan fingerprint density at radius 2 is 0.408 bits per heavy atom. The topological polar surface area (TPSA) is 116 Å². The third kappa shape index (κ3) is 18.7. The molecular formula is C121H115N9. The van der Waals surface area contributed by atoms with Crippen molar-refractivity contribution < 1.29 is 0 Å². The van der Waals surface area contributed by atoms with Crippen molar-refractivity contribution in [1.29, 1.82) is 0 Å². The molecule has 0 radical (unpaired) electrons. The summed E-state index contributed by atoms with van der Waals surface area (Å²) in [6.07, 6.45) is 18.0. The normalized spacial score (nSPS) is 17.3. The molecule has 9 heterocycles. The molecule has 0 spiro atoms. The molecule has 4 fully saturated rings. The van der Waals surface area contributed by atoms with Gasteiger partial charge in [-0.15, -0.1) is 0 Å². The van der Waals surface area contributed by atoms with E-state index in [1.54, 1.807) is 0 Å². The Morgan fingerprint density at radius 3 is 0.608 bits per heavy atom. The van der Waals surface area contributed by atoms with E-state index in [0.717, 1.165) is 174 Å². The van der Waals surface area contributed by atoms with Gasteiger partial charge in [-0.05, 0) is 359 Å². The second kappa shape index (κ2) is 33.8. The molecule has 9 nitrogen and oxygen atoms in total. The van der Waals surface area contributed by atoms with E-state index in [1.807, 2.05) is 37.2 Å². The van der Waals surface area contributed by atoms with Crippen molar-refractivity contribution in [3.05, 3.63) is 375 Å². The summed E-state index contributed by atoms with van der Waals surface area (Å²) in [4.78, 5) is 45.2. The molecule has 0 amide bonds.